The number of carbonyl (C=O) groups is 1. The second-order valence-electron chi connectivity index (χ2n) is 7.08. The van der Waals surface area contributed by atoms with Crippen LogP contribution in [0, 0.1) is 0 Å². The van der Waals surface area contributed by atoms with Crippen LogP contribution in [0.4, 0.5) is 17.1 Å². The molecule has 0 amide bonds. The van der Waals surface area contributed by atoms with Crippen LogP contribution in [-0.4, -0.2) is 38.1 Å². The molecule has 1 heterocycles. The summed E-state index contributed by atoms with van der Waals surface area (Å²) in [6.07, 6.45) is 1.87. The summed E-state index contributed by atoms with van der Waals surface area (Å²) in [5.74, 6) is -0.445. The third kappa shape index (κ3) is 4.97. The van der Waals surface area contributed by atoms with Crippen molar-refractivity contribution in [2.24, 2.45) is 0 Å². The molecule has 140 valence electrons. The molecule has 2 aromatic rings. The van der Waals surface area contributed by atoms with Crippen molar-refractivity contribution in [3.05, 3.63) is 48.0 Å². The number of hydrogen-bond donors (Lipinski definition) is 4. The molecule has 0 saturated carbocycles. The minimum Gasteiger partial charge on any atom is -0.481 e. The minimum absolute atomic E-state index is 0.0795. The topological polar surface area (TPSA) is 73.4 Å². The molecule has 2 aromatic carbocycles. The third-order valence-electron chi connectivity index (χ3n) is 4.94. The first-order valence-corrected chi connectivity index (χ1v) is 9.51. The maximum atomic E-state index is 11.1. The van der Waals surface area contributed by atoms with Gasteiger partial charge in [0.15, 0.2) is 0 Å². The highest BCUT2D eigenvalue weighted by Gasteiger charge is 2.22. The number of anilines is 3. The Morgan fingerprint density at radius 2 is 2.07 bits per heavy atom. The fraction of sp³-hybridized carbons (Fsp3) is 0.381. The van der Waals surface area contributed by atoms with Gasteiger partial charge < -0.3 is 21.1 Å². The maximum absolute atomic E-state index is 11.1. The van der Waals surface area contributed by atoms with Crippen molar-refractivity contribution in [3.63, 3.8) is 0 Å². The number of carboxylic acid groups (broad SMARTS) is 1. The van der Waals surface area contributed by atoms with E-state index in [4.69, 9.17) is 13.0 Å². The third-order valence-corrected chi connectivity index (χ3v) is 4.94. The van der Waals surface area contributed by atoms with Gasteiger partial charge in [-0.15, -0.1) is 0 Å². The van der Waals surface area contributed by atoms with Crippen molar-refractivity contribution in [2.45, 2.75) is 38.1 Å². The number of fused-ring (bicyclic) bond motifs is 1. The number of aliphatic carboxylic acids is 1. The van der Waals surface area contributed by atoms with Crippen LogP contribution >= 0.6 is 0 Å². The van der Waals surface area contributed by atoms with Gasteiger partial charge in [0.2, 0.25) is 0 Å². The van der Waals surface area contributed by atoms with Crippen LogP contribution in [0.15, 0.2) is 42.5 Å². The Balaban J connectivity index is 1.68. The van der Waals surface area contributed by atoms with E-state index in [1.165, 1.54) is 5.56 Å². The van der Waals surface area contributed by atoms with Gasteiger partial charge in [0.1, 0.15) is 7.85 Å². The van der Waals surface area contributed by atoms with E-state index in [2.05, 4.69) is 22.9 Å². The standard InChI is InChI=1S/C21H26BN3O2/c1-2-5-16(11-21(26)27)25-20-7-4-3-6-19(20)24-13-14-12-23-18-9-8-15(22)10-17(14)18/h3-4,6-10,14,16,23-25H,2,5,11-13H2,1H3,(H,26,27). The summed E-state index contributed by atoms with van der Waals surface area (Å²) in [5, 5.41) is 19.5. The smallest absolute Gasteiger partial charge is 0.305 e. The predicted octanol–water partition coefficient (Wildman–Crippen LogP) is 3.16. The second kappa shape index (κ2) is 8.84. The molecule has 0 bridgehead atoms. The van der Waals surface area contributed by atoms with Gasteiger partial charge in [-0.1, -0.05) is 43.1 Å². The van der Waals surface area contributed by atoms with Crippen LogP contribution in [-0.2, 0) is 4.79 Å². The Labute approximate surface area is 162 Å². The lowest BCUT2D eigenvalue weighted by atomic mass is 9.90. The van der Waals surface area contributed by atoms with Crippen molar-refractivity contribution in [3.8, 4) is 0 Å². The van der Waals surface area contributed by atoms with Crippen molar-refractivity contribution >= 4 is 36.3 Å². The highest BCUT2D eigenvalue weighted by atomic mass is 16.4. The maximum Gasteiger partial charge on any atom is 0.305 e. The minimum atomic E-state index is -0.780. The molecule has 6 heteroatoms. The van der Waals surface area contributed by atoms with Crippen molar-refractivity contribution in [1.82, 2.24) is 0 Å². The van der Waals surface area contributed by atoms with E-state index in [-0.39, 0.29) is 12.5 Å². The molecular weight excluding hydrogens is 337 g/mol. The van der Waals surface area contributed by atoms with E-state index in [0.29, 0.717) is 5.92 Å². The number of nitrogens with one attached hydrogen (secondary N) is 3. The predicted molar refractivity (Wildman–Crippen MR) is 113 cm³/mol. The number of carboxylic acids is 1. The van der Waals surface area contributed by atoms with Crippen molar-refractivity contribution in [2.75, 3.05) is 29.0 Å². The highest BCUT2D eigenvalue weighted by molar-refractivity contribution is 6.32. The summed E-state index contributed by atoms with van der Waals surface area (Å²) in [6, 6.07) is 13.9. The summed E-state index contributed by atoms with van der Waals surface area (Å²) in [5.41, 5.74) is 5.09. The molecule has 2 radical (unpaired) electrons. The van der Waals surface area contributed by atoms with Gasteiger partial charge in [-0.05, 0) is 30.2 Å². The Morgan fingerprint density at radius 3 is 2.81 bits per heavy atom. The highest BCUT2D eigenvalue weighted by Crippen LogP contribution is 2.31. The van der Waals surface area contributed by atoms with Gasteiger partial charge in [0.25, 0.3) is 0 Å². The van der Waals surface area contributed by atoms with E-state index in [0.717, 1.165) is 48.5 Å². The van der Waals surface area contributed by atoms with E-state index >= 15 is 0 Å². The number of hydrogen-bond acceptors (Lipinski definition) is 4. The zero-order valence-electron chi connectivity index (χ0n) is 15.7. The molecule has 2 unspecified atom stereocenters. The molecule has 0 saturated heterocycles. The number of rotatable bonds is 9. The van der Waals surface area contributed by atoms with Crippen LogP contribution < -0.4 is 21.4 Å². The first kappa shape index (κ1) is 19.1. The quantitative estimate of drug-likeness (QED) is 0.515. The average molecular weight is 363 g/mol. The van der Waals surface area contributed by atoms with E-state index in [1.54, 1.807) is 0 Å². The Bertz CT molecular complexity index is 797. The Kier molecular flexibility index (Phi) is 6.27. The summed E-state index contributed by atoms with van der Waals surface area (Å²) in [7, 11) is 5.94. The Hall–Kier alpha value is -2.63. The van der Waals surface area contributed by atoms with Crippen molar-refractivity contribution < 1.29 is 9.90 Å². The van der Waals surface area contributed by atoms with Crippen molar-refractivity contribution in [1.29, 1.82) is 0 Å². The van der Waals surface area contributed by atoms with Crippen LogP contribution in [0.1, 0.15) is 37.7 Å². The first-order valence-electron chi connectivity index (χ1n) is 9.51. The van der Waals surface area contributed by atoms with Crippen LogP contribution in [0.2, 0.25) is 0 Å². The summed E-state index contributed by atoms with van der Waals surface area (Å²) >= 11 is 0. The van der Waals surface area contributed by atoms with Crippen LogP contribution in [0.25, 0.3) is 0 Å². The monoisotopic (exact) mass is 363 g/mol. The van der Waals surface area contributed by atoms with Gasteiger partial charge in [-0.2, -0.15) is 0 Å². The molecule has 0 spiro atoms. The second-order valence-corrected chi connectivity index (χ2v) is 7.08. The van der Waals surface area contributed by atoms with E-state index in [1.807, 2.05) is 42.5 Å². The van der Waals surface area contributed by atoms with Gasteiger partial charge in [0.05, 0.1) is 17.8 Å². The summed E-state index contributed by atoms with van der Waals surface area (Å²) in [4.78, 5) is 11.1. The van der Waals surface area contributed by atoms with Gasteiger partial charge in [-0.3, -0.25) is 4.79 Å². The van der Waals surface area contributed by atoms with Gasteiger partial charge in [-0.25, -0.2) is 0 Å². The fourth-order valence-corrected chi connectivity index (χ4v) is 3.61. The molecule has 0 aliphatic carbocycles. The SMILES string of the molecule is [B]c1ccc2c(c1)C(CNc1ccccc1NC(CCC)CC(=O)O)CN2. The molecule has 1 aliphatic rings. The lowest BCUT2D eigenvalue weighted by molar-refractivity contribution is -0.137. The summed E-state index contributed by atoms with van der Waals surface area (Å²) < 4.78 is 0. The number of para-hydroxylation sites is 2. The first-order chi connectivity index (χ1) is 13.1. The lowest BCUT2D eigenvalue weighted by Gasteiger charge is -2.21. The zero-order valence-corrected chi connectivity index (χ0v) is 15.7. The normalized spacial score (nSPS) is 16.3. The van der Waals surface area contributed by atoms with Gasteiger partial charge in [0, 0.05) is 30.7 Å². The molecule has 5 nitrogen and oxygen atoms in total. The number of benzene rings is 2. The largest absolute Gasteiger partial charge is 0.481 e. The molecule has 27 heavy (non-hydrogen) atoms. The molecule has 0 aromatic heterocycles. The molecule has 1 aliphatic heterocycles. The lowest BCUT2D eigenvalue weighted by Crippen LogP contribution is -2.24. The van der Waals surface area contributed by atoms with E-state index in [9.17, 15) is 4.79 Å². The Morgan fingerprint density at radius 1 is 1.30 bits per heavy atom. The fourth-order valence-electron chi connectivity index (χ4n) is 3.61. The zero-order chi connectivity index (χ0) is 19.2. The molecule has 3 rings (SSSR count). The molecule has 4 N–H and O–H groups in total. The van der Waals surface area contributed by atoms with E-state index < -0.39 is 5.97 Å². The summed E-state index contributed by atoms with van der Waals surface area (Å²) in [6.45, 7) is 3.72. The molecular formula is C21H26BN3O2. The molecule has 0 fully saturated rings. The van der Waals surface area contributed by atoms with Crippen LogP contribution in [0.3, 0.4) is 0 Å². The van der Waals surface area contributed by atoms with Gasteiger partial charge >= 0.3 is 5.97 Å². The average Bonchev–Trinajstić information content (AvgIpc) is 3.03. The molecule has 2 atom stereocenters. The van der Waals surface area contributed by atoms with Crippen LogP contribution in [0.5, 0.6) is 0 Å².